The van der Waals surface area contributed by atoms with Crippen molar-refractivity contribution < 1.29 is 26.4 Å². The summed E-state index contributed by atoms with van der Waals surface area (Å²) in [7, 11) is -5.75. The van der Waals surface area contributed by atoms with Crippen LogP contribution >= 0.6 is 0 Å². The van der Waals surface area contributed by atoms with E-state index in [9.17, 15) is 21.6 Å². The number of amides is 2. The number of urea groups is 1. The lowest BCUT2D eigenvalue weighted by Crippen LogP contribution is -2.42. The molecule has 1 N–H and O–H groups in total. The Morgan fingerprint density at radius 1 is 1.07 bits per heavy atom. The minimum Gasteiger partial charge on any atom is -0.467 e. The van der Waals surface area contributed by atoms with Crippen molar-refractivity contribution in [3.8, 4) is 6.01 Å². The molecule has 0 aliphatic carbocycles. The highest BCUT2D eigenvalue weighted by atomic mass is 32.2. The molecule has 0 bridgehead atoms. The maximum absolute atomic E-state index is 12.5. The third-order valence-corrected chi connectivity index (χ3v) is 5.92. The third kappa shape index (κ3) is 4.68. The second-order valence-electron chi connectivity index (χ2n) is 5.36. The minimum absolute atomic E-state index is 0.0533. The van der Waals surface area contributed by atoms with Gasteiger partial charge in [-0.05, 0) is 19.1 Å². The van der Waals surface area contributed by atoms with Gasteiger partial charge in [-0.3, -0.25) is 4.90 Å². The Bertz CT molecular complexity index is 1080. The zero-order chi connectivity index (χ0) is 20.4. The van der Waals surface area contributed by atoms with Crippen LogP contribution in [-0.4, -0.2) is 58.2 Å². The first-order valence-electron chi connectivity index (χ1n) is 7.32. The van der Waals surface area contributed by atoms with E-state index in [1.54, 1.807) is 11.6 Å². The van der Waals surface area contributed by atoms with E-state index in [1.165, 1.54) is 26.3 Å². The van der Waals surface area contributed by atoms with Crippen molar-refractivity contribution >= 4 is 31.8 Å². The number of nitrogens with one attached hydrogen (secondary N) is 1. The normalized spacial score (nSPS) is 11.7. The summed E-state index contributed by atoms with van der Waals surface area (Å²) in [5.41, 5.74) is 0. The summed E-state index contributed by atoms with van der Waals surface area (Å²) >= 11 is 0. The molecule has 2 rings (SSSR count). The van der Waals surface area contributed by atoms with Crippen LogP contribution in [0.15, 0.2) is 34.1 Å². The van der Waals surface area contributed by atoms with Crippen molar-refractivity contribution in [2.45, 2.75) is 16.7 Å². The number of sulfone groups is 1. The number of methoxy groups -OCH3 is 1. The fourth-order valence-electron chi connectivity index (χ4n) is 1.99. The van der Waals surface area contributed by atoms with Gasteiger partial charge < -0.3 is 4.74 Å². The van der Waals surface area contributed by atoms with Gasteiger partial charge in [0.15, 0.2) is 9.84 Å². The summed E-state index contributed by atoms with van der Waals surface area (Å²) in [6.07, 6.45) is 0.870. The number of carbonyl (C=O) groups is 1. The van der Waals surface area contributed by atoms with Crippen LogP contribution in [0.1, 0.15) is 5.82 Å². The van der Waals surface area contributed by atoms with Gasteiger partial charge in [-0.1, -0.05) is 12.1 Å². The number of hydrogen-bond acceptors (Lipinski definition) is 9. The summed E-state index contributed by atoms with van der Waals surface area (Å²) < 4.78 is 55.4. The van der Waals surface area contributed by atoms with E-state index < -0.39 is 35.7 Å². The number of sulfonamides is 1. The van der Waals surface area contributed by atoms with Gasteiger partial charge in [0.05, 0.1) is 12.0 Å². The van der Waals surface area contributed by atoms with Crippen LogP contribution in [0.5, 0.6) is 6.01 Å². The van der Waals surface area contributed by atoms with Gasteiger partial charge in [-0.15, -0.1) is 0 Å². The zero-order valence-electron chi connectivity index (χ0n) is 14.9. The Labute approximate surface area is 156 Å². The van der Waals surface area contributed by atoms with E-state index in [0.29, 0.717) is 0 Å². The first-order chi connectivity index (χ1) is 12.5. The molecule has 11 nitrogen and oxygen atoms in total. The summed E-state index contributed by atoms with van der Waals surface area (Å²) in [4.78, 5) is 23.9. The molecule has 0 aliphatic rings. The first-order valence-corrected chi connectivity index (χ1v) is 10.7. The van der Waals surface area contributed by atoms with Crippen LogP contribution in [0.3, 0.4) is 0 Å². The molecule has 0 aliphatic heterocycles. The van der Waals surface area contributed by atoms with Crippen molar-refractivity contribution in [2.75, 3.05) is 25.3 Å². The topological polar surface area (TPSA) is 149 Å². The number of rotatable bonds is 5. The molecule has 0 atom stereocenters. The molecule has 1 heterocycles. The van der Waals surface area contributed by atoms with Gasteiger partial charge in [-0.25, -0.2) is 26.4 Å². The van der Waals surface area contributed by atoms with E-state index in [-0.39, 0.29) is 17.8 Å². The quantitative estimate of drug-likeness (QED) is 0.719. The maximum Gasteiger partial charge on any atom is 0.337 e. The summed E-state index contributed by atoms with van der Waals surface area (Å²) in [5, 5.41) is 0. The lowest BCUT2D eigenvalue weighted by Gasteiger charge is -2.17. The van der Waals surface area contributed by atoms with Crippen molar-refractivity contribution in [1.29, 1.82) is 0 Å². The van der Waals surface area contributed by atoms with E-state index in [1.807, 2.05) is 0 Å². The largest absolute Gasteiger partial charge is 0.467 e. The Balaban J connectivity index is 2.36. The molecular weight excluding hydrogens is 398 g/mol. The molecule has 146 valence electrons. The molecule has 2 aromatic rings. The Hall–Kier alpha value is -2.80. The van der Waals surface area contributed by atoms with Gasteiger partial charge in [0.2, 0.25) is 5.95 Å². The highest BCUT2D eigenvalue weighted by Gasteiger charge is 2.27. The fourth-order valence-corrected chi connectivity index (χ4v) is 4.60. The lowest BCUT2D eigenvalue weighted by atomic mass is 10.4. The van der Waals surface area contributed by atoms with Gasteiger partial charge in [0.1, 0.15) is 10.7 Å². The molecule has 0 fully saturated rings. The number of hydrogen-bond donors (Lipinski definition) is 1. The van der Waals surface area contributed by atoms with Crippen molar-refractivity contribution in [2.24, 2.45) is 0 Å². The second kappa shape index (κ2) is 7.44. The maximum atomic E-state index is 12.5. The van der Waals surface area contributed by atoms with Gasteiger partial charge in [-0.2, -0.15) is 15.0 Å². The highest BCUT2D eigenvalue weighted by molar-refractivity contribution is 7.93. The lowest BCUT2D eigenvalue weighted by molar-refractivity contribution is 0.251. The molecule has 0 saturated carbocycles. The Morgan fingerprint density at radius 3 is 2.22 bits per heavy atom. The monoisotopic (exact) mass is 415 g/mol. The first kappa shape index (κ1) is 20.5. The predicted molar refractivity (Wildman–Crippen MR) is 94.8 cm³/mol. The van der Waals surface area contributed by atoms with Gasteiger partial charge in [0, 0.05) is 13.3 Å². The van der Waals surface area contributed by atoms with Crippen LogP contribution in [0.4, 0.5) is 10.7 Å². The summed E-state index contributed by atoms with van der Waals surface area (Å²) in [6.45, 7) is 1.54. The number of nitrogens with zero attached hydrogens (tertiary/aromatic N) is 4. The van der Waals surface area contributed by atoms with Crippen molar-refractivity contribution in [1.82, 2.24) is 19.7 Å². The molecular formula is C14H17N5O6S2. The molecule has 2 amide bonds. The SMILES string of the molecule is COc1nc(C)nc(N(C)C(=O)NS(=O)(=O)c2ccccc2S(C)(=O)=O)n1. The summed E-state index contributed by atoms with van der Waals surface area (Å²) in [5.74, 6) is 0.102. The van der Waals surface area contributed by atoms with Crippen molar-refractivity contribution in [3.05, 3.63) is 30.1 Å². The van der Waals surface area contributed by atoms with Gasteiger partial charge >= 0.3 is 12.0 Å². The molecule has 1 aromatic heterocycles. The second-order valence-corrected chi connectivity index (χ2v) is 8.99. The molecule has 27 heavy (non-hydrogen) atoms. The number of ether oxygens (including phenoxy) is 1. The highest BCUT2D eigenvalue weighted by Crippen LogP contribution is 2.20. The molecule has 0 saturated heterocycles. The number of anilines is 1. The van der Waals surface area contributed by atoms with Crippen LogP contribution in [0.2, 0.25) is 0 Å². The van der Waals surface area contributed by atoms with Crippen LogP contribution in [0.25, 0.3) is 0 Å². The standard InChI is InChI=1S/C14H17N5O6S2/c1-9-15-12(17-13(16-9)25-3)19(2)14(20)18-27(23,24)11-8-6-5-7-10(11)26(4,21)22/h5-8H,1-4H3,(H,18,20). The van der Waals surface area contributed by atoms with Gasteiger partial charge in [0.25, 0.3) is 10.0 Å². The Kier molecular flexibility index (Phi) is 5.65. The Morgan fingerprint density at radius 2 is 1.67 bits per heavy atom. The van der Waals surface area contributed by atoms with Crippen LogP contribution in [0, 0.1) is 6.92 Å². The van der Waals surface area contributed by atoms with E-state index in [4.69, 9.17) is 4.74 Å². The number of benzene rings is 1. The number of aryl methyl sites for hydroxylation is 1. The predicted octanol–water partition coefficient (Wildman–Crippen LogP) is 0.127. The zero-order valence-corrected chi connectivity index (χ0v) is 16.5. The van der Waals surface area contributed by atoms with Crippen LogP contribution in [-0.2, 0) is 19.9 Å². The van der Waals surface area contributed by atoms with E-state index >= 15 is 0 Å². The average molecular weight is 415 g/mol. The third-order valence-electron chi connectivity index (χ3n) is 3.26. The molecule has 1 aromatic carbocycles. The smallest absolute Gasteiger partial charge is 0.337 e. The number of carbonyl (C=O) groups excluding carboxylic acids is 1. The minimum atomic E-state index is -4.47. The van der Waals surface area contributed by atoms with Crippen molar-refractivity contribution in [3.63, 3.8) is 0 Å². The van der Waals surface area contributed by atoms with E-state index in [2.05, 4.69) is 15.0 Å². The molecule has 0 spiro atoms. The number of aromatic nitrogens is 3. The van der Waals surface area contributed by atoms with Crippen LogP contribution < -0.4 is 14.4 Å². The summed E-state index contributed by atoms with van der Waals surface area (Å²) in [6, 6.07) is 3.80. The molecule has 0 unspecified atom stereocenters. The average Bonchev–Trinajstić information content (AvgIpc) is 2.59. The fraction of sp³-hybridized carbons (Fsp3) is 0.286. The van der Waals surface area contributed by atoms with E-state index in [0.717, 1.165) is 23.3 Å². The molecule has 13 heteroatoms. The molecule has 0 radical (unpaired) electrons.